The molecule has 80 valence electrons. The number of aromatic nitrogens is 1. The topological polar surface area (TPSA) is 14.2 Å². The van der Waals surface area contributed by atoms with E-state index in [9.17, 15) is 4.39 Å². The Labute approximate surface area is 88.3 Å². The number of hydrogen-bond acceptors (Lipinski definition) is 1. The molecule has 2 rings (SSSR count). The van der Waals surface area contributed by atoms with Crippen molar-refractivity contribution in [2.45, 2.75) is 19.6 Å². The van der Waals surface area contributed by atoms with Crippen LogP contribution in [0.1, 0.15) is 6.92 Å². The second kappa shape index (κ2) is 4.03. The van der Waals surface area contributed by atoms with Crippen molar-refractivity contribution in [1.82, 2.24) is 4.57 Å². The lowest BCUT2D eigenvalue weighted by molar-refractivity contribution is 0.104. The maximum atomic E-state index is 13.1. The number of nitrogens with zero attached hydrogens (tertiary/aromatic N) is 1. The van der Waals surface area contributed by atoms with Gasteiger partial charge in [0, 0.05) is 19.9 Å². The second-order valence-electron chi connectivity index (χ2n) is 3.72. The highest BCUT2D eigenvalue weighted by Crippen LogP contribution is 2.17. The Balaban J connectivity index is 2.39. The van der Waals surface area contributed by atoms with Crippen LogP contribution in [0.5, 0.6) is 0 Å². The zero-order valence-corrected chi connectivity index (χ0v) is 8.90. The van der Waals surface area contributed by atoms with Crippen LogP contribution in [0.2, 0.25) is 0 Å². The SMILES string of the molecule is COC(C)Cn1ccc2ccc(F)cc21. The van der Waals surface area contributed by atoms with Gasteiger partial charge in [-0.05, 0) is 36.6 Å². The van der Waals surface area contributed by atoms with Gasteiger partial charge >= 0.3 is 0 Å². The van der Waals surface area contributed by atoms with Crippen LogP contribution in [0, 0.1) is 5.82 Å². The summed E-state index contributed by atoms with van der Waals surface area (Å²) in [5.74, 6) is -0.201. The first kappa shape index (κ1) is 10.2. The number of benzene rings is 1. The van der Waals surface area contributed by atoms with Crippen LogP contribution in [-0.2, 0) is 11.3 Å². The highest BCUT2D eigenvalue weighted by molar-refractivity contribution is 5.80. The molecule has 2 aromatic rings. The van der Waals surface area contributed by atoms with Crippen molar-refractivity contribution in [3.63, 3.8) is 0 Å². The summed E-state index contributed by atoms with van der Waals surface area (Å²) >= 11 is 0. The van der Waals surface area contributed by atoms with Crippen LogP contribution < -0.4 is 0 Å². The van der Waals surface area contributed by atoms with Crippen molar-refractivity contribution in [2.24, 2.45) is 0 Å². The molecule has 15 heavy (non-hydrogen) atoms. The number of rotatable bonds is 3. The number of hydrogen-bond donors (Lipinski definition) is 0. The molecule has 3 heteroatoms. The summed E-state index contributed by atoms with van der Waals surface area (Å²) < 4.78 is 20.3. The maximum Gasteiger partial charge on any atom is 0.125 e. The van der Waals surface area contributed by atoms with Gasteiger partial charge in [0.25, 0.3) is 0 Å². The van der Waals surface area contributed by atoms with Crippen molar-refractivity contribution in [3.05, 3.63) is 36.3 Å². The third kappa shape index (κ3) is 2.02. The first-order valence-electron chi connectivity index (χ1n) is 4.98. The van der Waals surface area contributed by atoms with Crippen molar-refractivity contribution in [2.75, 3.05) is 7.11 Å². The van der Waals surface area contributed by atoms with E-state index in [1.807, 2.05) is 23.8 Å². The van der Waals surface area contributed by atoms with Gasteiger partial charge in [-0.25, -0.2) is 4.39 Å². The molecule has 0 bridgehead atoms. The third-order valence-electron chi connectivity index (χ3n) is 2.59. The van der Waals surface area contributed by atoms with Gasteiger partial charge in [-0.1, -0.05) is 0 Å². The lowest BCUT2D eigenvalue weighted by Gasteiger charge is -2.11. The number of halogens is 1. The first-order valence-corrected chi connectivity index (χ1v) is 4.98. The molecule has 0 aliphatic rings. The molecule has 1 unspecified atom stereocenters. The van der Waals surface area contributed by atoms with Crippen LogP contribution in [-0.4, -0.2) is 17.8 Å². The molecule has 1 aromatic carbocycles. The van der Waals surface area contributed by atoms with Gasteiger partial charge in [-0.15, -0.1) is 0 Å². The maximum absolute atomic E-state index is 13.1. The van der Waals surface area contributed by atoms with Crippen LogP contribution in [0.15, 0.2) is 30.5 Å². The third-order valence-corrected chi connectivity index (χ3v) is 2.59. The number of ether oxygens (including phenoxy) is 1. The quantitative estimate of drug-likeness (QED) is 0.754. The lowest BCUT2D eigenvalue weighted by Crippen LogP contribution is -2.13. The predicted octanol–water partition coefficient (Wildman–Crippen LogP) is 2.82. The number of fused-ring (bicyclic) bond motifs is 1. The molecule has 0 spiro atoms. The molecule has 1 heterocycles. The highest BCUT2D eigenvalue weighted by atomic mass is 19.1. The fourth-order valence-corrected chi connectivity index (χ4v) is 1.67. The second-order valence-corrected chi connectivity index (χ2v) is 3.72. The fourth-order valence-electron chi connectivity index (χ4n) is 1.67. The Hall–Kier alpha value is -1.35. The van der Waals surface area contributed by atoms with E-state index in [0.29, 0.717) is 0 Å². The molecule has 1 atom stereocenters. The molecular weight excluding hydrogens is 193 g/mol. The average Bonchev–Trinajstić information content (AvgIpc) is 2.61. The molecule has 0 saturated carbocycles. The zero-order chi connectivity index (χ0) is 10.8. The minimum atomic E-state index is -0.201. The molecule has 0 aliphatic heterocycles. The summed E-state index contributed by atoms with van der Waals surface area (Å²) in [6, 6.07) is 6.81. The van der Waals surface area contributed by atoms with Crippen molar-refractivity contribution in [1.29, 1.82) is 0 Å². The summed E-state index contributed by atoms with van der Waals surface area (Å²) in [7, 11) is 1.68. The van der Waals surface area contributed by atoms with Gasteiger partial charge < -0.3 is 9.30 Å². The standard InChI is InChI=1S/C12H14FNO/c1-9(15-2)8-14-6-5-10-3-4-11(13)7-12(10)14/h3-7,9H,8H2,1-2H3. The molecule has 0 amide bonds. The van der Waals surface area contributed by atoms with Gasteiger partial charge in [-0.3, -0.25) is 0 Å². The molecule has 2 nitrogen and oxygen atoms in total. The number of methoxy groups -OCH3 is 1. The summed E-state index contributed by atoms with van der Waals surface area (Å²) in [4.78, 5) is 0. The normalized spacial score (nSPS) is 13.3. The molecular formula is C12H14FNO. The Morgan fingerprint density at radius 3 is 2.93 bits per heavy atom. The van der Waals surface area contributed by atoms with Crippen molar-refractivity contribution in [3.8, 4) is 0 Å². The summed E-state index contributed by atoms with van der Waals surface area (Å²) in [5, 5.41) is 1.06. The van der Waals surface area contributed by atoms with E-state index in [4.69, 9.17) is 4.74 Å². The molecule has 0 fully saturated rings. The predicted molar refractivity (Wildman–Crippen MR) is 58.4 cm³/mol. The van der Waals surface area contributed by atoms with E-state index in [1.165, 1.54) is 6.07 Å². The van der Waals surface area contributed by atoms with Crippen LogP contribution in [0.4, 0.5) is 4.39 Å². The Morgan fingerprint density at radius 1 is 1.40 bits per heavy atom. The van der Waals surface area contributed by atoms with Crippen molar-refractivity contribution >= 4 is 10.9 Å². The highest BCUT2D eigenvalue weighted by Gasteiger charge is 2.05. The molecule has 0 N–H and O–H groups in total. The Kier molecular flexibility index (Phi) is 2.73. The Bertz CT molecular complexity index is 464. The zero-order valence-electron chi connectivity index (χ0n) is 8.90. The monoisotopic (exact) mass is 207 g/mol. The first-order chi connectivity index (χ1) is 7.20. The van der Waals surface area contributed by atoms with E-state index in [0.717, 1.165) is 17.4 Å². The van der Waals surface area contributed by atoms with Gasteiger partial charge in [0.2, 0.25) is 0 Å². The van der Waals surface area contributed by atoms with Crippen molar-refractivity contribution < 1.29 is 9.13 Å². The molecule has 0 radical (unpaired) electrons. The van der Waals surface area contributed by atoms with E-state index in [1.54, 1.807) is 19.2 Å². The molecule has 1 aromatic heterocycles. The molecule has 0 aliphatic carbocycles. The van der Waals surface area contributed by atoms with E-state index in [2.05, 4.69) is 0 Å². The minimum absolute atomic E-state index is 0.129. The molecule has 0 saturated heterocycles. The van der Waals surface area contributed by atoms with Crippen LogP contribution in [0.3, 0.4) is 0 Å². The summed E-state index contributed by atoms with van der Waals surface area (Å²) in [5.41, 5.74) is 0.916. The van der Waals surface area contributed by atoms with Crippen LogP contribution in [0.25, 0.3) is 10.9 Å². The Morgan fingerprint density at radius 2 is 2.20 bits per heavy atom. The minimum Gasteiger partial charge on any atom is -0.380 e. The van der Waals surface area contributed by atoms with E-state index < -0.39 is 0 Å². The average molecular weight is 207 g/mol. The summed E-state index contributed by atoms with van der Waals surface area (Å²) in [6.07, 6.45) is 2.09. The van der Waals surface area contributed by atoms with E-state index in [-0.39, 0.29) is 11.9 Å². The van der Waals surface area contributed by atoms with Crippen LogP contribution >= 0.6 is 0 Å². The van der Waals surface area contributed by atoms with Gasteiger partial charge in [-0.2, -0.15) is 0 Å². The fraction of sp³-hybridized carbons (Fsp3) is 0.333. The van der Waals surface area contributed by atoms with Gasteiger partial charge in [0.15, 0.2) is 0 Å². The largest absolute Gasteiger partial charge is 0.380 e. The van der Waals surface area contributed by atoms with Gasteiger partial charge in [0.1, 0.15) is 5.82 Å². The van der Waals surface area contributed by atoms with E-state index >= 15 is 0 Å². The smallest absolute Gasteiger partial charge is 0.125 e. The van der Waals surface area contributed by atoms with Gasteiger partial charge in [0.05, 0.1) is 11.6 Å². The summed E-state index contributed by atoms with van der Waals surface area (Å²) in [6.45, 7) is 2.73. The lowest BCUT2D eigenvalue weighted by atomic mass is 10.2.